The fourth-order valence-electron chi connectivity index (χ4n) is 3.39. The van der Waals surface area contributed by atoms with E-state index in [2.05, 4.69) is 12.2 Å². The summed E-state index contributed by atoms with van der Waals surface area (Å²) in [5.74, 6) is -0.532. The lowest BCUT2D eigenvalue weighted by Crippen LogP contribution is -2.22. The maximum absolute atomic E-state index is 12.5. The Labute approximate surface area is 179 Å². The third kappa shape index (κ3) is 4.99. The van der Waals surface area contributed by atoms with Crippen LogP contribution in [0.25, 0.3) is 0 Å². The molecule has 1 aromatic carbocycles. The molecule has 1 aliphatic rings. The molecule has 1 aromatic heterocycles. The highest BCUT2D eigenvalue weighted by Crippen LogP contribution is 2.40. The standard InChI is InChI=1S/C22H25NO6S/c1-4-28-22(26)19-16-9-8-13(2)10-17(16)30-20(19)23-18(24)12-29-21(25)14-6-5-7-15(11-14)27-3/h5-7,11,13H,4,8-10,12H2,1-3H3,(H,23,24). The molecule has 8 heteroatoms. The van der Waals surface area contributed by atoms with Crippen LogP contribution < -0.4 is 10.1 Å². The molecule has 160 valence electrons. The number of methoxy groups -OCH3 is 1. The molecule has 1 heterocycles. The van der Waals surface area contributed by atoms with Crippen molar-refractivity contribution in [1.29, 1.82) is 0 Å². The van der Waals surface area contributed by atoms with E-state index in [-0.39, 0.29) is 12.2 Å². The number of ether oxygens (including phenoxy) is 3. The van der Waals surface area contributed by atoms with Gasteiger partial charge in [-0.1, -0.05) is 13.0 Å². The number of anilines is 1. The van der Waals surface area contributed by atoms with Crippen molar-refractivity contribution in [3.63, 3.8) is 0 Å². The first-order chi connectivity index (χ1) is 14.4. The Kier molecular flexibility index (Phi) is 7.10. The van der Waals surface area contributed by atoms with Crippen LogP contribution in [0.5, 0.6) is 5.75 Å². The molecule has 1 aliphatic carbocycles. The summed E-state index contributed by atoms with van der Waals surface area (Å²) in [6.07, 6.45) is 2.64. The van der Waals surface area contributed by atoms with Crippen LogP contribution in [-0.4, -0.2) is 38.2 Å². The van der Waals surface area contributed by atoms with E-state index in [4.69, 9.17) is 14.2 Å². The van der Waals surface area contributed by atoms with Crippen molar-refractivity contribution in [2.45, 2.75) is 33.1 Å². The molecule has 0 aliphatic heterocycles. The Morgan fingerprint density at radius 3 is 2.73 bits per heavy atom. The molecule has 0 fully saturated rings. The molecule has 0 radical (unpaired) electrons. The summed E-state index contributed by atoms with van der Waals surface area (Å²) in [6, 6.07) is 6.49. The Bertz CT molecular complexity index is 951. The van der Waals surface area contributed by atoms with Crippen LogP contribution >= 0.6 is 11.3 Å². The number of hydrogen-bond acceptors (Lipinski definition) is 7. The highest BCUT2D eigenvalue weighted by molar-refractivity contribution is 7.17. The predicted octanol–water partition coefficient (Wildman–Crippen LogP) is 3.85. The number of rotatable bonds is 7. The van der Waals surface area contributed by atoms with Gasteiger partial charge < -0.3 is 19.5 Å². The molecular weight excluding hydrogens is 406 g/mol. The number of benzene rings is 1. The molecule has 30 heavy (non-hydrogen) atoms. The second-order valence-electron chi connectivity index (χ2n) is 7.13. The minimum atomic E-state index is -0.631. The zero-order valence-corrected chi connectivity index (χ0v) is 18.1. The van der Waals surface area contributed by atoms with Gasteiger partial charge in [0.15, 0.2) is 6.61 Å². The first-order valence-electron chi connectivity index (χ1n) is 9.85. The van der Waals surface area contributed by atoms with Gasteiger partial charge in [-0.3, -0.25) is 4.79 Å². The van der Waals surface area contributed by atoms with Gasteiger partial charge in [-0.25, -0.2) is 9.59 Å². The molecule has 0 saturated heterocycles. The van der Waals surface area contributed by atoms with Gasteiger partial charge in [-0.15, -0.1) is 11.3 Å². The molecule has 1 N–H and O–H groups in total. The first kappa shape index (κ1) is 21.8. The van der Waals surface area contributed by atoms with Crippen LogP contribution in [0.15, 0.2) is 24.3 Å². The minimum absolute atomic E-state index is 0.255. The third-order valence-electron chi connectivity index (χ3n) is 4.88. The lowest BCUT2D eigenvalue weighted by Gasteiger charge is -2.18. The van der Waals surface area contributed by atoms with Crippen LogP contribution in [0.3, 0.4) is 0 Å². The van der Waals surface area contributed by atoms with Crippen molar-refractivity contribution in [3.05, 3.63) is 45.8 Å². The third-order valence-corrected chi connectivity index (χ3v) is 6.05. The predicted molar refractivity (Wildman–Crippen MR) is 113 cm³/mol. The molecule has 0 spiro atoms. The summed E-state index contributed by atoms with van der Waals surface area (Å²) < 4.78 is 15.4. The Morgan fingerprint density at radius 2 is 2.00 bits per heavy atom. The zero-order chi connectivity index (χ0) is 21.7. The smallest absolute Gasteiger partial charge is 0.341 e. The van der Waals surface area contributed by atoms with E-state index in [1.165, 1.54) is 24.5 Å². The normalized spacial score (nSPS) is 15.1. The van der Waals surface area contributed by atoms with Crippen molar-refractivity contribution in [2.24, 2.45) is 5.92 Å². The summed E-state index contributed by atoms with van der Waals surface area (Å²) in [7, 11) is 1.50. The van der Waals surface area contributed by atoms with Crippen LogP contribution in [0.1, 0.15) is 51.4 Å². The number of thiophene rings is 1. The largest absolute Gasteiger partial charge is 0.497 e. The molecule has 0 saturated carbocycles. The van der Waals surface area contributed by atoms with Crippen LogP contribution in [0.4, 0.5) is 5.00 Å². The highest BCUT2D eigenvalue weighted by atomic mass is 32.1. The van der Waals surface area contributed by atoms with E-state index in [1.54, 1.807) is 25.1 Å². The molecule has 0 bridgehead atoms. The minimum Gasteiger partial charge on any atom is -0.497 e. The van der Waals surface area contributed by atoms with Crippen LogP contribution in [0.2, 0.25) is 0 Å². The van der Waals surface area contributed by atoms with Crippen molar-refractivity contribution in [1.82, 2.24) is 0 Å². The molecule has 1 amide bonds. The lowest BCUT2D eigenvalue weighted by molar-refractivity contribution is -0.119. The number of carbonyl (C=O) groups is 3. The van der Waals surface area contributed by atoms with Crippen molar-refractivity contribution >= 4 is 34.2 Å². The van der Waals surface area contributed by atoms with Crippen molar-refractivity contribution in [3.8, 4) is 5.75 Å². The fraction of sp³-hybridized carbons (Fsp3) is 0.409. The van der Waals surface area contributed by atoms with Gasteiger partial charge >= 0.3 is 11.9 Å². The number of amides is 1. The Hall–Kier alpha value is -2.87. The van der Waals surface area contributed by atoms with Crippen molar-refractivity contribution in [2.75, 3.05) is 25.6 Å². The quantitative estimate of drug-likeness (QED) is 0.670. The molecular formula is C22H25NO6S. The number of nitrogens with one attached hydrogen (secondary N) is 1. The average molecular weight is 432 g/mol. The van der Waals surface area contributed by atoms with Crippen molar-refractivity contribution < 1.29 is 28.6 Å². The number of esters is 2. The molecule has 2 aromatic rings. The molecule has 1 unspecified atom stereocenters. The van der Waals surface area contributed by atoms with Crippen LogP contribution in [-0.2, 0) is 27.1 Å². The summed E-state index contributed by atoms with van der Waals surface area (Å²) >= 11 is 1.39. The van der Waals surface area contributed by atoms with Gasteiger partial charge in [-0.2, -0.15) is 0 Å². The summed E-state index contributed by atoms with van der Waals surface area (Å²) in [5.41, 5.74) is 1.67. The SMILES string of the molecule is CCOC(=O)c1c(NC(=O)COC(=O)c2cccc(OC)c2)sc2c1CCC(C)C2. The maximum atomic E-state index is 12.5. The number of carbonyl (C=O) groups excluding carboxylic acids is 3. The summed E-state index contributed by atoms with van der Waals surface area (Å²) in [4.78, 5) is 38.2. The van der Waals surface area contributed by atoms with E-state index in [0.29, 0.717) is 22.2 Å². The second kappa shape index (κ2) is 9.75. The Morgan fingerprint density at radius 1 is 1.20 bits per heavy atom. The van der Waals surface area contributed by atoms with E-state index in [1.807, 2.05) is 0 Å². The van der Waals surface area contributed by atoms with Gasteiger partial charge in [-0.05, 0) is 55.9 Å². The average Bonchev–Trinajstić information content (AvgIpc) is 3.08. The van der Waals surface area contributed by atoms with E-state index >= 15 is 0 Å². The van der Waals surface area contributed by atoms with Gasteiger partial charge in [0.1, 0.15) is 10.8 Å². The van der Waals surface area contributed by atoms with E-state index in [9.17, 15) is 14.4 Å². The maximum Gasteiger partial charge on any atom is 0.341 e. The van der Waals surface area contributed by atoms with Crippen LogP contribution in [0, 0.1) is 5.92 Å². The fourth-order valence-corrected chi connectivity index (χ4v) is 4.80. The van der Waals surface area contributed by atoms with Gasteiger partial charge in [0.2, 0.25) is 0 Å². The first-order valence-corrected chi connectivity index (χ1v) is 10.7. The number of hydrogen-bond donors (Lipinski definition) is 1. The summed E-state index contributed by atoms with van der Waals surface area (Å²) in [5, 5.41) is 3.18. The molecule has 1 atom stereocenters. The van der Waals surface area contributed by atoms with E-state index in [0.717, 1.165) is 29.7 Å². The molecule has 7 nitrogen and oxygen atoms in total. The zero-order valence-electron chi connectivity index (χ0n) is 17.3. The topological polar surface area (TPSA) is 90.9 Å². The Balaban J connectivity index is 1.70. The second-order valence-corrected chi connectivity index (χ2v) is 8.24. The monoisotopic (exact) mass is 431 g/mol. The van der Waals surface area contributed by atoms with E-state index < -0.39 is 24.5 Å². The highest BCUT2D eigenvalue weighted by Gasteiger charge is 2.29. The molecule has 3 rings (SSSR count). The number of fused-ring (bicyclic) bond motifs is 1. The van der Waals surface area contributed by atoms with Gasteiger partial charge in [0, 0.05) is 4.88 Å². The van der Waals surface area contributed by atoms with Gasteiger partial charge in [0.25, 0.3) is 5.91 Å². The summed E-state index contributed by atoms with van der Waals surface area (Å²) in [6.45, 7) is 3.71. The van der Waals surface area contributed by atoms with Gasteiger partial charge in [0.05, 0.1) is 24.8 Å². The lowest BCUT2D eigenvalue weighted by atomic mass is 9.88.